The van der Waals surface area contributed by atoms with Gasteiger partial charge in [0.25, 0.3) is 11.7 Å². The van der Waals surface area contributed by atoms with Crippen molar-refractivity contribution >= 4 is 33.4 Å². The van der Waals surface area contributed by atoms with Crippen LogP contribution in [0.25, 0.3) is 5.76 Å². The average molecular weight is 460 g/mol. The first-order valence-electron chi connectivity index (χ1n) is 9.06. The molecule has 2 aromatic carbocycles. The topological polar surface area (TPSA) is 76.1 Å². The van der Waals surface area contributed by atoms with Gasteiger partial charge in [-0.1, -0.05) is 28.1 Å². The second-order valence-corrected chi connectivity index (χ2v) is 7.64. The smallest absolute Gasteiger partial charge is 0.295 e. The van der Waals surface area contributed by atoms with E-state index in [4.69, 9.17) is 9.47 Å². The number of aliphatic hydroxyl groups excluding tert-OH is 1. The lowest BCUT2D eigenvalue weighted by atomic mass is 9.95. The number of aryl methyl sites for hydroxylation is 1. The van der Waals surface area contributed by atoms with E-state index in [-0.39, 0.29) is 24.5 Å². The zero-order chi connectivity index (χ0) is 21.1. The second kappa shape index (κ2) is 8.80. The number of hydrogen-bond acceptors (Lipinski definition) is 5. The number of Topliss-reactive ketones (excluding diaryl/α,β-unsaturated/α-hetero) is 1. The summed E-state index contributed by atoms with van der Waals surface area (Å²) in [5.74, 6) is -0.902. The third-order valence-corrected chi connectivity index (χ3v) is 5.40. The number of aliphatic hydroxyl groups is 1. The third-order valence-electron chi connectivity index (χ3n) is 4.91. The summed E-state index contributed by atoms with van der Waals surface area (Å²) in [5, 5.41) is 11.0. The van der Waals surface area contributed by atoms with Crippen molar-refractivity contribution in [2.75, 3.05) is 27.4 Å². The van der Waals surface area contributed by atoms with Crippen molar-refractivity contribution in [3.63, 3.8) is 0 Å². The maximum atomic E-state index is 12.9. The molecule has 1 aliphatic rings. The van der Waals surface area contributed by atoms with Crippen LogP contribution in [0.2, 0.25) is 0 Å². The molecule has 0 aromatic heterocycles. The minimum atomic E-state index is -0.711. The summed E-state index contributed by atoms with van der Waals surface area (Å²) in [4.78, 5) is 27.1. The van der Waals surface area contributed by atoms with Gasteiger partial charge in [0.1, 0.15) is 11.5 Å². The summed E-state index contributed by atoms with van der Waals surface area (Å²) in [7, 11) is 3.10. The van der Waals surface area contributed by atoms with Crippen LogP contribution in [0.15, 0.2) is 52.5 Å². The molecule has 0 radical (unpaired) electrons. The van der Waals surface area contributed by atoms with Crippen LogP contribution < -0.4 is 4.74 Å². The highest BCUT2D eigenvalue weighted by Crippen LogP contribution is 2.40. The molecule has 1 aliphatic heterocycles. The number of halogens is 1. The highest BCUT2D eigenvalue weighted by atomic mass is 79.9. The van der Waals surface area contributed by atoms with Crippen LogP contribution in [0.3, 0.4) is 0 Å². The van der Waals surface area contributed by atoms with E-state index < -0.39 is 17.7 Å². The molecule has 6 nitrogen and oxygen atoms in total. The standard InChI is InChI=1S/C22H22BrNO5/c1-13-11-15(7-8-17(13)29-3)20(25)18-19(14-5-4-6-16(23)12-14)24(9-10-28-2)22(27)21(18)26/h4-8,11-12,19,25H,9-10H2,1-3H3. The molecule has 1 fully saturated rings. The van der Waals surface area contributed by atoms with Crippen LogP contribution in [0.1, 0.15) is 22.7 Å². The molecule has 7 heteroatoms. The Morgan fingerprint density at radius 1 is 1.17 bits per heavy atom. The largest absolute Gasteiger partial charge is 0.507 e. The number of likely N-dealkylation sites (tertiary alicyclic amines) is 1. The Balaban J connectivity index is 2.17. The molecule has 0 spiro atoms. The lowest BCUT2D eigenvalue weighted by Gasteiger charge is -2.25. The van der Waals surface area contributed by atoms with Crippen molar-refractivity contribution in [3.05, 3.63) is 69.2 Å². The van der Waals surface area contributed by atoms with Crippen molar-refractivity contribution in [2.24, 2.45) is 0 Å². The van der Waals surface area contributed by atoms with Gasteiger partial charge in [0.05, 0.1) is 25.3 Å². The number of rotatable bonds is 6. The molecule has 152 valence electrons. The first-order chi connectivity index (χ1) is 13.9. The Morgan fingerprint density at radius 2 is 1.93 bits per heavy atom. The number of carbonyl (C=O) groups excluding carboxylic acids is 2. The molecule has 0 saturated carbocycles. The Labute approximate surface area is 177 Å². The highest BCUT2D eigenvalue weighted by Gasteiger charge is 2.45. The van der Waals surface area contributed by atoms with Gasteiger partial charge in [0.15, 0.2) is 0 Å². The Kier molecular flexibility index (Phi) is 6.39. The summed E-state index contributed by atoms with van der Waals surface area (Å²) in [6, 6.07) is 11.8. The molecule has 0 bridgehead atoms. The minimum Gasteiger partial charge on any atom is -0.507 e. The molecule has 1 amide bonds. The van der Waals surface area contributed by atoms with Crippen molar-refractivity contribution in [2.45, 2.75) is 13.0 Å². The Bertz CT molecular complexity index is 985. The van der Waals surface area contributed by atoms with Gasteiger partial charge in [0.2, 0.25) is 0 Å². The number of hydrogen-bond donors (Lipinski definition) is 1. The maximum absolute atomic E-state index is 12.9. The predicted molar refractivity (Wildman–Crippen MR) is 113 cm³/mol. The van der Waals surface area contributed by atoms with Gasteiger partial charge in [-0.25, -0.2) is 0 Å². The number of nitrogens with zero attached hydrogens (tertiary/aromatic N) is 1. The summed E-state index contributed by atoms with van der Waals surface area (Å²) >= 11 is 3.43. The Morgan fingerprint density at radius 3 is 2.55 bits per heavy atom. The number of ketones is 1. The van der Waals surface area contributed by atoms with Crippen LogP contribution in [-0.4, -0.2) is 49.1 Å². The van der Waals surface area contributed by atoms with Crippen LogP contribution in [0.4, 0.5) is 0 Å². The fourth-order valence-electron chi connectivity index (χ4n) is 3.50. The molecule has 3 rings (SSSR count). The summed E-state index contributed by atoms with van der Waals surface area (Å²) in [5.41, 5.74) is 2.05. The number of amides is 1. The van der Waals surface area contributed by atoms with Gasteiger partial charge < -0.3 is 19.5 Å². The molecular formula is C22H22BrNO5. The van der Waals surface area contributed by atoms with Crippen molar-refractivity contribution in [3.8, 4) is 5.75 Å². The molecule has 1 heterocycles. The molecule has 1 saturated heterocycles. The van der Waals surface area contributed by atoms with Gasteiger partial charge in [0, 0.05) is 23.7 Å². The van der Waals surface area contributed by atoms with E-state index in [1.807, 2.05) is 31.2 Å². The second-order valence-electron chi connectivity index (χ2n) is 6.72. The zero-order valence-electron chi connectivity index (χ0n) is 16.4. The lowest BCUT2D eigenvalue weighted by molar-refractivity contribution is -0.140. The molecule has 1 N–H and O–H groups in total. The molecule has 2 aromatic rings. The predicted octanol–water partition coefficient (Wildman–Crippen LogP) is 3.83. The van der Waals surface area contributed by atoms with Gasteiger partial charge in [-0.2, -0.15) is 0 Å². The highest BCUT2D eigenvalue weighted by molar-refractivity contribution is 9.10. The molecular weight excluding hydrogens is 438 g/mol. The molecule has 1 unspecified atom stereocenters. The number of ether oxygens (including phenoxy) is 2. The summed E-state index contributed by atoms with van der Waals surface area (Å²) in [6.07, 6.45) is 0. The summed E-state index contributed by atoms with van der Waals surface area (Å²) < 4.78 is 11.2. The SMILES string of the molecule is COCCN1C(=O)C(=O)C(=C(O)c2ccc(OC)c(C)c2)C1c1cccc(Br)c1. The van der Waals surface area contributed by atoms with Crippen LogP contribution in [-0.2, 0) is 14.3 Å². The van der Waals surface area contributed by atoms with Crippen molar-refractivity contribution in [1.29, 1.82) is 0 Å². The fourth-order valence-corrected chi connectivity index (χ4v) is 3.92. The quantitative estimate of drug-likeness (QED) is 0.403. The van der Waals surface area contributed by atoms with E-state index in [1.165, 1.54) is 12.0 Å². The van der Waals surface area contributed by atoms with E-state index >= 15 is 0 Å². The van der Waals surface area contributed by atoms with E-state index in [0.29, 0.717) is 11.3 Å². The van der Waals surface area contributed by atoms with Crippen LogP contribution in [0, 0.1) is 6.92 Å². The summed E-state index contributed by atoms with van der Waals surface area (Å²) in [6.45, 7) is 2.36. The minimum absolute atomic E-state index is 0.0637. The van der Waals surface area contributed by atoms with E-state index in [0.717, 1.165) is 15.6 Å². The van der Waals surface area contributed by atoms with Crippen LogP contribution in [0.5, 0.6) is 5.75 Å². The van der Waals surface area contributed by atoms with Crippen molar-refractivity contribution in [1.82, 2.24) is 4.90 Å². The maximum Gasteiger partial charge on any atom is 0.295 e. The third kappa shape index (κ3) is 4.06. The van der Waals surface area contributed by atoms with Gasteiger partial charge >= 0.3 is 0 Å². The van der Waals surface area contributed by atoms with Crippen molar-refractivity contribution < 1.29 is 24.2 Å². The number of benzene rings is 2. The fraction of sp³-hybridized carbons (Fsp3) is 0.273. The van der Waals surface area contributed by atoms with E-state index in [2.05, 4.69) is 15.9 Å². The lowest BCUT2D eigenvalue weighted by Crippen LogP contribution is -2.32. The van der Waals surface area contributed by atoms with Gasteiger partial charge in [-0.3, -0.25) is 9.59 Å². The molecule has 0 aliphatic carbocycles. The average Bonchev–Trinajstić information content (AvgIpc) is 2.96. The first kappa shape index (κ1) is 21.1. The first-order valence-corrected chi connectivity index (χ1v) is 9.86. The van der Waals surface area contributed by atoms with Gasteiger partial charge in [-0.15, -0.1) is 0 Å². The van der Waals surface area contributed by atoms with E-state index in [9.17, 15) is 14.7 Å². The Hall–Kier alpha value is -2.64. The van der Waals surface area contributed by atoms with Crippen LogP contribution >= 0.6 is 15.9 Å². The van der Waals surface area contributed by atoms with E-state index in [1.54, 1.807) is 25.3 Å². The van der Waals surface area contributed by atoms with Gasteiger partial charge in [-0.05, 0) is 48.4 Å². The number of methoxy groups -OCH3 is 2. The normalized spacial score (nSPS) is 18.3. The number of carbonyl (C=O) groups is 2. The zero-order valence-corrected chi connectivity index (χ0v) is 18.0. The molecule has 29 heavy (non-hydrogen) atoms. The monoisotopic (exact) mass is 459 g/mol. The molecule has 1 atom stereocenters.